The SMILES string of the molecule is CCNC(=NCc1ccc(O)cc1)NC1CCN(Cc2ccsc2)CC1.I. The number of guanidine groups is 1. The Morgan fingerprint density at radius 1 is 1.19 bits per heavy atom. The zero-order chi connectivity index (χ0) is 18.2. The van der Waals surface area contributed by atoms with Crippen LogP contribution in [-0.4, -0.2) is 41.6 Å². The van der Waals surface area contributed by atoms with E-state index in [1.165, 1.54) is 5.56 Å². The molecule has 2 aromatic rings. The van der Waals surface area contributed by atoms with E-state index in [1.54, 1.807) is 23.5 Å². The number of rotatable bonds is 6. The smallest absolute Gasteiger partial charge is 0.191 e. The highest BCUT2D eigenvalue weighted by atomic mass is 127. The molecule has 3 rings (SSSR count). The lowest BCUT2D eigenvalue weighted by Gasteiger charge is -2.33. The zero-order valence-corrected chi connectivity index (χ0v) is 18.9. The van der Waals surface area contributed by atoms with Gasteiger partial charge in [-0.2, -0.15) is 11.3 Å². The molecule has 1 aromatic carbocycles. The van der Waals surface area contributed by atoms with Gasteiger partial charge in [-0.3, -0.25) is 4.90 Å². The number of nitrogens with zero attached hydrogens (tertiary/aromatic N) is 2. The Balaban J connectivity index is 0.00000261. The number of halogens is 1. The maximum Gasteiger partial charge on any atom is 0.191 e. The highest BCUT2D eigenvalue weighted by Gasteiger charge is 2.20. The molecule has 5 nitrogen and oxygen atoms in total. The van der Waals surface area contributed by atoms with Crippen LogP contribution in [0, 0.1) is 0 Å². The molecule has 0 aliphatic carbocycles. The second kappa shape index (κ2) is 11.5. The highest BCUT2D eigenvalue weighted by molar-refractivity contribution is 14.0. The van der Waals surface area contributed by atoms with Gasteiger partial charge in [0.25, 0.3) is 0 Å². The van der Waals surface area contributed by atoms with E-state index in [4.69, 9.17) is 0 Å². The van der Waals surface area contributed by atoms with Crippen molar-refractivity contribution in [1.29, 1.82) is 0 Å². The number of thiophene rings is 1. The molecule has 0 bridgehead atoms. The lowest BCUT2D eigenvalue weighted by atomic mass is 10.0. The number of nitrogens with one attached hydrogen (secondary N) is 2. The van der Waals surface area contributed by atoms with Gasteiger partial charge in [-0.1, -0.05) is 12.1 Å². The Morgan fingerprint density at radius 2 is 1.93 bits per heavy atom. The molecule has 27 heavy (non-hydrogen) atoms. The molecule has 0 unspecified atom stereocenters. The molecule has 0 radical (unpaired) electrons. The summed E-state index contributed by atoms with van der Waals surface area (Å²) in [6.07, 6.45) is 2.27. The number of phenols is 1. The first kappa shape index (κ1) is 22.0. The third-order valence-corrected chi connectivity index (χ3v) is 5.35. The van der Waals surface area contributed by atoms with Gasteiger partial charge in [0.1, 0.15) is 5.75 Å². The van der Waals surface area contributed by atoms with E-state index in [0.717, 1.165) is 50.5 Å². The molecule has 3 N–H and O–H groups in total. The van der Waals surface area contributed by atoms with Crippen LogP contribution in [0.1, 0.15) is 30.9 Å². The highest BCUT2D eigenvalue weighted by Crippen LogP contribution is 2.16. The number of hydrogen-bond donors (Lipinski definition) is 3. The van der Waals surface area contributed by atoms with Crippen LogP contribution in [0.5, 0.6) is 5.75 Å². The summed E-state index contributed by atoms with van der Waals surface area (Å²) in [6.45, 7) is 6.83. The van der Waals surface area contributed by atoms with Gasteiger partial charge in [0, 0.05) is 32.2 Å². The quantitative estimate of drug-likeness (QED) is 0.321. The van der Waals surface area contributed by atoms with Gasteiger partial charge < -0.3 is 15.7 Å². The summed E-state index contributed by atoms with van der Waals surface area (Å²) in [5, 5.41) is 20.7. The van der Waals surface area contributed by atoms with E-state index in [2.05, 4.69) is 44.3 Å². The van der Waals surface area contributed by atoms with Crippen molar-refractivity contribution in [3.63, 3.8) is 0 Å². The van der Waals surface area contributed by atoms with Crippen LogP contribution in [0.3, 0.4) is 0 Å². The zero-order valence-electron chi connectivity index (χ0n) is 15.7. The Morgan fingerprint density at radius 3 is 2.56 bits per heavy atom. The predicted octanol–water partition coefficient (Wildman–Crippen LogP) is 3.79. The molecule has 1 aliphatic rings. The van der Waals surface area contributed by atoms with Gasteiger partial charge in [-0.25, -0.2) is 4.99 Å². The third kappa shape index (κ3) is 7.31. The number of benzene rings is 1. The molecule has 0 amide bonds. The van der Waals surface area contributed by atoms with E-state index in [9.17, 15) is 5.11 Å². The van der Waals surface area contributed by atoms with E-state index in [1.807, 2.05) is 12.1 Å². The van der Waals surface area contributed by atoms with Crippen LogP contribution >= 0.6 is 35.3 Å². The lowest BCUT2D eigenvalue weighted by molar-refractivity contribution is 0.198. The summed E-state index contributed by atoms with van der Waals surface area (Å²) in [7, 11) is 0. The van der Waals surface area contributed by atoms with Crippen molar-refractivity contribution in [2.75, 3.05) is 19.6 Å². The maximum atomic E-state index is 9.37. The standard InChI is InChI=1S/C20H28N4OS.HI/c1-2-21-20(22-13-16-3-5-19(25)6-4-16)23-18-7-10-24(11-8-18)14-17-9-12-26-15-17;/h3-6,9,12,15,18,25H,2,7-8,10-11,13-14H2,1H3,(H2,21,22,23);1H. The fourth-order valence-corrected chi connectivity index (χ4v) is 3.82. The second-order valence-corrected chi connectivity index (χ2v) is 7.47. The number of likely N-dealkylation sites (tertiary alicyclic amines) is 1. The molecule has 0 saturated carbocycles. The van der Waals surface area contributed by atoms with Crippen LogP contribution in [0.15, 0.2) is 46.1 Å². The second-order valence-electron chi connectivity index (χ2n) is 6.69. The van der Waals surface area contributed by atoms with Crippen LogP contribution in [0.4, 0.5) is 0 Å². The minimum absolute atomic E-state index is 0. The van der Waals surface area contributed by atoms with Gasteiger partial charge in [0.15, 0.2) is 5.96 Å². The largest absolute Gasteiger partial charge is 0.508 e. The first-order chi connectivity index (χ1) is 12.7. The third-order valence-electron chi connectivity index (χ3n) is 4.62. The van der Waals surface area contributed by atoms with Crippen LogP contribution in [0.25, 0.3) is 0 Å². The summed E-state index contributed by atoms with van der Waals surface area (Å²) in [4.78, 5) is 7.22. The van der Waals surface area contributed by atoms with Crippen LogP contribution < -0.4 is 10.6 Å². The summed E-state index contributed by atoms with van der Waals surface area (Å²) >= 11 is 1.77. The lowest BCUT2D eigenvalue weighted by Crippen LogP contribution is -2.48. The molecule has 148 valence electrons. The normalized spacial score (nSPS) is 16.0. The van der Waals surface area contributed by atoms with Gasteiger partial charge in [-0.15, -0.1) is 24.0 Å². The maximum absolute atomic E-state index is 9.37. The number of aliphatic imine (C=N–C) groups is 1. The minimum atomic E-state index is 0. The van der Waals surface area contributed by atoms with Crippen molar-refractivity contribution in [2.24, 2.45) is 4.99 Å². The topological polar surface area (TPSA) is 59.9 Å². The van der Waals surface area contributed by atoms with Gasteiger partial charge in [-0.05, 0) is 59.9 Å². The van der Waals surface area contributed by atoms with Crippen molar-refractivity contribution in [1.82, 2.24) is 15.5 Å². The molecule has 7 heteroatoms. The van der Waals surface area contributed by atoms with Crippen molar-refractivity contribution < 1.29 is 5.11 Å². The van der Waals surface area contributed by atoms with E-state index < -0.39 is 0 Å². The molecule has 1 fully saturated rings. The Labute approximate surface area is 182 Å². The number of hydrogen-bond acceptors (Lipinski definition) is 4. The number of piperidine rings is 1. The van der Waals surface area contributed by atoms with Crippen molar-refractivity contribution in [2.45, 2.75) is 38.9 Å². The van der Waals surface area contributed by atoms with Crippen LogP contribution in [0.2, 0.25) is 0 Å². The van der Waals surface area contributed by atoms with Crippen molar-refractivity contribution >= 4 is 41.3 Å². The van der Waals surface area contributed by atoms with E-state index in [0.29, 0.717) is 12.6 Å². The average molecular weight is 500 g/mol. The molecule has 1 saturated heterocycles. The van der Waals surface area contributed by atoms with Crippen molar-refractivity contribution in [3.8, 4) is 5.75 Å². The molecular formula is C20H29IN4OS. The Kier molecular flexibility index (Phi) is 9.36. The monoisotopic (exact) mass is 500 g/mol. The molecule has 1 aliphatic heterocycles. The van der Waals surface area contributed by atoms with Crippen molar-refractivity contribution in [3.05, 3.63) is 52.2 Å². The predicted molar refractivity (Wildman–Crippen MR) is 124 cm³/mol. The Bertz CT molecular complexity index is 683. The summed E-state index contributed by atoms with van der Waals surface area (Å²) in [6, 6.07) is 9.90. The molecule has 2 heterocycles. The summed E-state index contributed by atoms with van der Waals surface area (Å²) in [5.74, 6) is 1.16. The Hall–Kier alpha value is -1.32. The average Bonchev–Trinajstić information content (AvgIpc) is 3.16. The molecule has 1 aromatic heterocycles. The minimum Gasteiger partial charge on any atom is -0.508 e. The number of phenolic OH excluding ortho intramolecular Hbond substituents is 1. The van der Waals surface area contributed by atoms with E-state index in [-0.39, 0.29) is 29.7 Å². The van der Waals surface area contributed by atoms with Gasteiger partial charge >= 0.3 is 0 Å². The summed E-state index contributed by atoms with van der Waals surface area (Å²) in [5.41, 5.74) is 2.51. The number of aromatic hydroxyl groups is 1. The van der Waals surface area contributed by atoms with Gasteiger partial charge in [0.2, 0.25) is 0 Å². The van der Waals surface area contributed by atoms with Crippen LogP contribution in [-0.2, 0) is 13.1 Å². The first-order valence-corrected chi connectivity index (χ1v) is 10.2. The molecular weight excluding hydrogens is 471 g/mol. The fourth-order valence-electron chi connectivity index (χ4n) is 3.16. The summed E-state index contributed by atoms with van der Waals surface area (Å²) < 4.78 is 0. The van der Waals surface area contributed by atoms with Gasteiger partial charge in [0.05, 0.1) is 6.54 Å². The van der Waals surface area contributed by atoms with E-state index >= 15 is 0 Å². The molecule has 0 spiro atoms. The first-order valence-electron chi connectivity index (χ1n) is 9.29. The molecule has 0 atom stereocenters. The fraction of sp³-hybridized carbons (Fsp3) is 0.450.